The zero-order valence-corrected chi connectivity index (χ0v) is 18.0. The zero-order chi connectivity index (χ0) is 22.3. The van der Waals surface area contributed by atoms with Crippen LogP contribution in [0.2, 0.25) is 0 Å². The van der Waals surface area contributed by atoms with Gasteiger partial charge in [0.2, 0.25) is 5.91 Å². The Balaban J connectivity index is 1.26. The van der Waals surface area contributed by atoms with Crippen molar-refractivity contribution in [3.63, 3.8) is 0 Å². The van der Waals surface area contributed by atoms with E-state index in [1.807, 2.05) is 36.4 Å². The Morgan fingerprint density at radius 3 is 2.47 bits per heavy atom. The van der Waals surface area contributed by atoms with E-state index in [9.17, 15) is 9.59 Å². The average molecular weight is 427 g/mol. The fourth-order valence-electron chi connectivity index (χ4n) is 3.71. The highest BCUT2D eigenvalue weighted by atomic mass is 16.1. The molecule has 0 saturated heterocycles. The normalized spacial score (nSPS) is 10.8. The second-order valence-electron chi connectivity index (χ2n) is 7.82. The van der Waals surface area contributed by atoms with Gasteiger partial charge in [0.05, 0.1) is 11.8 Å². The molecule has 0 fully saturated rings. The molecule has 162 valence electrons. The van der Waals surface area contributed by atoms with Crippen molar-refractivity contribution in [3.8, 4) is 11.1 Å². The third-order valence-electron chi connectivity index (χ3n) is 5.31. The molecule has 3 aromatic carbocycles. The second-order valence-corrected chi connectivity index (χ2v) is 7.82. The van der Waals surface area contributed by atoms with Gasteiger partial charge in [0.25, 0.3) is 5.56 Å². The first-order chi connectivity index (χ1) is 15.6. The molecule has 32 heavy (non-hydrogen) atoms. The van der Waals surface area contributed by atoms with Crippen molar-refractivity contribution in [2.45, 2.75) is 19.8 Å². The number of carbonyl (C=O) groups is 1. The molecule has 0 aliphatic rings. The van der Waals surface area contributed by atoms with Gasteiger partial charge in [-0.2, -0.15) is 5.10 Å². The summed E-state index contributed by atoms with van der Waals surface area (Å²) < 4.78 is 0. The Morgan fingerprint density at radius 1 is 0.906 bits per heavy atom. The van der Waals surface area contributed by atoms with E-state index >= 15 is 0 Å². The standard InChI is InChI=1S/C26H26N4O2/c1-18-7-4-9-20(15-18)21-10-5-8-19(16-21)17-24(31)27-13-6-14-28-25-22-11-2-3-12-23(22)26(32)30-29-25/h2-5,7-12,15-16H,6,13-14,17H2,1H3,(H,27,31)(H,28,29)(H,30,32). The smallest absolute Gasteiger partial charge is 0.272 e. The van der Waals surface area contributed by atoms with E-state index in [4.69, 9.17) is 0 Å². The molecule has 0 radical (unpaired) electrons. The minimum atomic E-state index is -0.204. The molecular formula is C26H26N4O2. The van der Waals surface area contributed by atoms with Gasteiger partial charge in [-0.25, -0.2) is 5.10 Å². The molecule has 0 atom stereocenters. The van der Waals surface area contributed by atoms with Crippen molar-refractivity contribution < 1.29 is 4.79 Å². The molecule has 0 aliphatic carbocycles. The van der Waals surface area contributed by atoms with Gasteiger partial charge in [0.1, 0.15) is 0 Å². The van der Waals surface area contributed by atoms with Crippen LogP contribution in [0.4, 0.5) is 5.82 Å². The van der Waals surface area contributed by atoms with Crippen LogP contribution in [-0.2, 0) is 11.2 Å². The summed E-state index contributed by atoms with van der Waals surface area (Å²) >= 11 is 0. The van der Waals surface area contributed by atoms with Crippen molar-refractivity contribution in [3.05, 3.63) is 94.3 Å². The van der Waals surface area contributed by atoms with E-state index < -0.39 is 0 Å². The number of carbonyl (C=O) groups excluding carboxylic acids is 1. The molecule has 6 heteroatoms. The first-order valence-corrected chi connectivity index (χ1v) is 10.7. The molecule has 4 rings (SSSR count). The summed E-state index contributed by atoms with van der Waals surface area (Å²) in [5.74, 6) is 0.637. The summed E-state index contributed by atoms with van der Waals surface area (Å²) in [6.07, 6.45) is 1.09. The zero-order valence-electron chi connectivity index (χ0n) is 18.0. The van der Waals surface area contributed by atoms with Gasteiger partial charge in [-0.3, -0.25) is 9.59 Å². The SMILES string of the molecule is Cc1cccc(-c2cccc(CC(=O)NCCCNc3n[nH]c(=O)c4ccccc34)c2)c1. The lowest BCUT2D eigenvalue weighted by Crippen LogP contribution is -2.27. The second kappa shape index (κ2) is 9.92. The number of nitrogens with zero attached hydrogens (tertiary/aromatic N) is 1. The molecule has 0 spiro atoms. The van der Waals surface area contributed by atoms with Crippen LogP contribution in [0.15, 0.2) is 77.6 Å². The van der Waals surface area contributed by atoms with E-state index in [1.54, 1.807) is 6.07 Å². The Kier molecular flexibility index (Phi) is 6.60. The van der Waals surface area contributed by atoms with E-state index in [0.29, 0.717) is 30.7 Å². The molecule has 0 unspecified atom stereocenters. The highest BCUT2D eigenvalue weighted by molar-refractivity contribution is 5.90. The van der Waals surface area contributed by atoms with Crippen LogP contribution in [0, 0.1) is 6.92 Å². The third kappa shape index (κ3) is 5.21. The molecule has 4 aromatic rings. The minimum Gasteiger partial charge on any atom is -0.368 e. The lowest BCUT2D eigenvalue weighted by molar-refractivity contribution is -0.120. The number of hydrogen-bond acceptors (Lipinski definition) is 4. The predicted octanol–water partition coefficient (Wildman–Crippen LogP) is 4.06. The fourth-order valence-corrected chi connectivity index (χ4v) is 3.71. The van der Waals surface area contributed by atoms with Gasteiger partial charge in [0, 0.05) is 18.5 Å². The largest absolute Gasteiger partial charge is 0.368 e. The highest BCUT2D eigenvalue weighted by Crippen LogP contribution is 2.21. The molecule has 0 saturated carbocycles. The summed E-state index contributed by atoms with van der Waals surface area (Å²) in [6.45, 7) is 3.27. The molecule has 1 aromatic heterocycles. The van der Waals surface area contributed by atoms with E-state index in [2.05, 4.69) is 58.1 Å². The van der Waals surface area contributed by atoms with E-state index in [-0.39, 0.29) is 11.5 Å². The summed E-state index contributed by atoms with van der Waals surface area (Å²) in [5.41, 5.74) is 4.27. The number of aromatic amines is 1. The molecule has 1 heterocycles. The molecule has 0 bridgehead atoms. The number of benzene rings is 3. The summed E-state index contributed by atoms with van der Waals surface area (Å²) in [5, 5.41) is 14.2. The van der Waals surface area contributed by atoms with Crippen LogP contribution in [0.3, 0.4) is 0 Å². The van der Waals surface area contributed by atoms with Gasteiger partial charge in [0.15, 0.2) is 5.82 Å². The lowest BCUT2D eigenvalue weighted by Gasteiger charge is -2.09. The number of rotatable bonds is 8. The van der Waals surface area contributed by atoms with Crippen LogP contribution >= 0.6 is 0 Å². The molecule has 6 nitrogen and oxygen atoms in total. The van der Waals surface area contributed by atoms with Crippen molar-refractivity contribution in [1.82, 2.24) is 15.5 Å². The number of amides is 1. The maximum Gasteiger partial charge on any atom is 0.272 e. The number of fused-ring (bicyclic) bond motifs is 1. The van der Waals surface area contributed by atoms with Crippen molar-refractivity contribution in [2.75, 3.05) is 18.4 Å². The first kappa shape index (κ1) is 21.3. The van der Waals surface area contributed by atoms with Crippen LogP contribution in [0.5, 0.6) is 0 Å². The van der Waals surface area contributed by atoms with Crippen LogP contribution in [0.1, 0.15) is 17.5 Å². The summed E-state index contributed by atoms with van der Waals surface area (Å²) in [7, 11) is 0. The topological polar surface area (TPSA) is 86.9 Å². The number of aryl methyl sites for hydroxylation is 1. The number of nitrogens with one attached hydrogen (secondary N) is 3. The Labute approximate surface area is 186 Å². The van der Waals surface area contributed by atoms with Crippen LogP contribution < -0.4 is 16.2 Å². The molecule has 1 amide bonds. The Morgan fingerprint density at radius 2 is 1.66 bits per heavy atom. The number of H-pyrrole nitrogens is 1. The minimum absolute atomic E-state index is 0.000918. The highest BCUT2D eigenvalue weighted by Gasteiger charge is 2.07. The van der Waals surface area contributed by atoms with Crippen molar-refractivity contribution in [1.29, 1.82) is 0 Å². The maximum absolute atomic E-state index is 12.4. The van der Waals surface area contributed by atoms with E-state index in [1.165, 1.54) is 5.56 Å². The number of aromatic nitrogens is 2. The van der Waals surface area contributed by atoms with Crippen molar-refractivity contribution in [2.24, 2.45) is 0 Å². The van der Waals surface area contributed by atoms with Crippen LogP contribution in [0.25, 0.3) is 21.9 Å². The Hall–Kier alpha value is -3.93. The molecule has 0 aliphatic heterocycles. The Bertz CT molecular complexity index is 1300. The number of anilines is 1. The summed E-state index contributed by atoms with van der Waals surface area (Å²) in [4.78, 5) is 24.2. The monoisotopic (exact) mass is 426 g/mol. The lowest BCUT2D eigenvalue weighted by atomic mass is 10.0. The van der Waals surface area contributed by atoms with Gasteiger partial charge in [-0.15, -0.1) is 0 Å². The van der Waals surface area contributed by atoms with Crippen molar-refractivity contribution >= 4 is 22.5 Å². The van der Waals surface area contributed by atoms with Gasteiger partial charge >= 0.3 is 0 Å². The average Bonchev–Trinajstić information content (AvgIpc) is 2.80. The fraction of sp³-hybridized carbons (Fsp3) is 0.192. The third-order valence-corrected chi connectivity index (χ3v) is 5.31. The van der Waals surface area contributed by atoms with E-state index in [0.717, 1.165) is 28.5 Å². The van der Waals surface area contributed by atoms with Gasteiger partial charge in [-0.05, 0) is 36.1 Å². The van der Waals surface area contributed by atoms with Gasteiger partial charge < -0.3 is 10.6 Å². The predicted molar refractivity (Wildman–Crippen MR) is 129 cm³/mol. The quantitative estimate of drug-likeness (QED) is 0.371. The molecule has 3 N–H and O–H groups in total. The summed E-state index contributed by atoms with van der Waals surface area (Å²) in [6, 6.07) is 23.8. The van der Waals surface area contributed by atoms with Gasteiger partial charge in [-0.1, -0.05) is 72.3 Å². The maximum atomic E-state index is 12.4. The number of hydrogen-bond donors (Lipinski definition) is 3. The first-order valence-electron chi connectivity index (χ1n) is 10.7. The molecular weight excluding hydrogens is 400 g/mol. The van der Waals surface area contributed by atoms with Crippen LogP contribution in [-0.4, -0.2) is 29.2 Å².